The standard InChI is InChI=1S/C16H16ClN3O2/c1-11-15(10-20(2)9-14-6-7-18-22-14)19-16(21-11)12-4-3-5-13(17)8-12/h3-8H,9-10H2,1-2H3. The summed E-state index contributed by atoms with van der Waals surface area (Å²) < 4.78 is 10.9. The normalized spacial score (nSPS) is 11.3. The van der Waals surface area contributed by atoms with Crippen LogP contribution in [0.4, 0.5) is 0 Å². The van der Waals surface area contributed by atoms with E-state index in [0.29, 0.717) is 24.0 Å². The highest BCUT2D eigenvalue weighted by atomic mass is 35.5. The topological polar surface area (TPSA) is 55.3 Å². The molecule has 0 fully saturated rings. The van der Waals surface area contributed by atoms with Crippen LogP contribution in [0.15, 0.2) is 45.5 Å². The molecular weight excluding hydrogens is 302 g/mol. The molecule has 0 N–H and O–H groups in total. The van der Waals surface area contributed by atoms with Crippen molar-refractivity contribution in [3.63, 3.8) is 0 Å². The fourth-order valence-corrected chi connectivity index (χ4v) is 2.41. The third-order valence-corrected chi connectivity index (χ3v) is 3.54. The maximum Gasteiger partial charge on any atom is 0.226 e. The number of oxazole rings is 1. The van der Waals surface area contributed by atoms with E-state index in [1.807, 2.05) is 44.3 Å². The Hall–Kier alpha value is -2.11. The van der Waals surface area contributed by atoms with E-state index in [9.17, 15) is 0 Å². The zero-order chi connectivity index (χ0) is 15.5. The minimum atomic E-state index is 0.586. The van der Waals surface area contributed by atoms with Crippen LogP contribution < -0.4 is 0 Å². The lowest BCUT2D eigenvalue weighted by molar-refractivity contribution is 0.263. The zero-order valence-electron chi connectivity index (χ0n) is 12.4. The van der Waals surface area contributed by atoms with Crippen molar-refractivity contribution in [1.29, 1.82) is 0 Å². The van der Waals surface area contributed by atoms with Gasteiger partial charge in [-0.05, 0) is 32.2 Å². The highest BCUT2D eigenvalue weighted by Gasteiger charge is 2.14. The van der Waals surface area contributed by atoms with Crippen LogP contribution >= 0.6 is 11.6 Å². The van der Waals surface area contributed by atoms with Gasteiger partial charge in [0.25, 0.3) is 0 Å². The molecule has 22 heavy (non-hydrogen) atoms. The molecule has 0 radical (unpaired) electrons. The van der Waals surface area contributed by atoms with Crippen LogP contribution in [0, 0.1) is 6.92 Å². The van der Waals surface area contributed by atoms with Gasteiger partial charge < -0.3 is 8.94 Å². The predicted octanol–water partition coefficient (Wildman–Crippen LogP) is 3.92. The Balaban J connectivity index is 1.75. The lowest BCUT2D eigenvalue weighted by Gasteiger charge is -2.12. The lowest BCUT2D eigenvalue weighted by atomic mass is 10.2. The van der Waals surface area contributed by atoms with Gasteiger partial charge in [-0.3, -0.25) is 4.90 Å². The van der Waals surface area contributed by atoms with Gasteiger partial charge in [-0.1, -0.05) is 22.8 Å². The fourth-order valence-electron chi connectivity index (χ4n) is 2.22. The van der Waals surface area contributed by atoms with E-state index in [-0.39, 0.29) is 0 Å². The van der Waals surface area contributed by atoms with Gasteiger partial charge in [0.1, 0.15) is 5.76 Å². The Kier molecular flexibility index (Phi) is 4.27. The van der Waals surface area contributed by atoms with Crippen LogP contribution in [0.2, 0.25) is 5.02 Å². The van der Waals surface area contributed by atoms with Gasteiger partial charge in [-0.15, -0.1) is 0 Å². The maximum absolute atomic E-state index is 6.01. The number of halogens is 1. The first-order valence-electron chi connectivity index (χ1n) is 6.92. The van der Waals surface area contributed by atoms with Crippen molar-refractivity contribution >= 4 is 11.6 Å². The maximum atomic E-state index is 6.01. The molecule has 5 nitrogen and oxygen atoms in total. The van der Waals surface area contributed by atoms with Gasteiger partial charge in [-0.25, -0.2) is 4.98 Å². The van der Waals surface area contributed by atoms with Crippen molar-refractivity contribution in [1.82, 2.24) is 15.0 Å². The van der Waals surface area contributed by atoms with Crippen molar-refractivity contribution in [3.05, 3.63) is 58.8 Å². The summed E-state index contributed by atoms with van der Waals surface area (Å²) in [5.74, 6) is 2.21. The van der Waals surface area contributed by atoms with E-state index in [4.69, 9.17) is 20.5 Å². The summed E-state index contributed by atoms with van der Waals surface area (Å²) in [5, 5.41) is 4.37. The number of aromatic nitrogens is 2. The average molecular weight is 318 g/mol. The molecule has 0 saturated heterocycles. The molecule has 2 aromatic heterocycles. The zero-order valence-corrected chi connectivity index (χ0v) is 13.2. The van der Waals surface area contributed by atoms with Gasteiger partial charge in [0.15, 0.2) is 5.76 Å². The Morgan fingerprint density at radius 1 is 1.23 bits per heavy atom. The molecule has 6 heteroatoms. The number of nitrogens with zero attached hydrogens (tertiary/aromatic N) is 3. The highest BCUT2D eigenvalue weighted by molar-refractivity contribution is 6.30. The molecular formula is C16H16ClN3O2. The third kappa shape index (κ3) is 3.37. The predicted molar refractivity (Wildman–Crippen MR) is 83.4 cm³/mol. The summed E-state index contributed by atoms with van der Waals surface area (Å²) in [6.45, 7) is 3.24. The summed E-state index contributed by atoms with van der Waals surface area (Å²) in [6, 6.07) is 9.33. The molecule has 0 atom stereocenters. The first-order chi connectivity index (χ1) is 10.6. The SMILES string of the molecule is Cc1oc(-c2cccc(Cl)c2)nc1CN(C)Cc1ccno1. The van der Waals surface area contributed by atoms with E-state index in [2.05, 4.69) is 15.0 Å². The molecule has 3 rings (SSSR count). The average Bonchev–Trinajstić information content (AvgIpc) is 3.10. The minimum Gasteiger partial charge on any atom is -0.441 e. The number of hydrogen-bond acceptors (Lipinski definition) is 5. The molecule has 2 heterocycles. The second-order valence-electron chi connectivity index (χ2n) is 5.18. The molecule has 114 valence electrons. The monoisotopic (exact) mass is 317 g/mol. The largest absolute Gasteiger partial charge is 0.441 e. The molecule has 0 aliphatic heterocycles. The van der Waals surface area contributed by atoms with Crippen LogP contribution in [0.5, 0.6) is 0 Å². The van der Waals surface area contributed by atoms with Crippen molar-refractivity contribution < 1.29 is 8.94 Å². The quantitative estimate of drug-likeness (QED) is 0.713. The highest BCUT2D eigenvalue weighted by Crippen LogP contribution is 2.24. The summed E-state index contributed by atoms with van der Waals surface area (Å²) in [7, 11) is 2.00. The molecule has 1 aromatic carbocycles. The lowest BCUT2D eigenvalue weighted by Crippen LogP contribution is -2.17. The third-order valence-electron chi connectivity index (χ3n) is 3.30. The summed E-state index contributed by atoms with van der Waals surface area (Å²) >= 11 is 6.01. The van der Waals surface area contributed by atoms with Gasteiger partial charge in [-0.2, -0.15) is 0 Å². The number of hydrogen-bond donors (Lipinski definition) is 0. The van der Waals surface area contributed by atoms with E-state index >= 15 is 0 Å². The van der Waals surface area contributed by atoms with Crippen LogP contribution in [0.1, 0.15) is 17.2 Å². The second-order valence-corrected chi connectivity index (χ2v) is 5.62. The minimum absolute atomic E-state index is 0.586. The van der Waals surface area contributed by atoms with Crippen molar-refractivity contribution in [2.24, 2.45) is 0 Å². The van der Waals surface area contributed by atoms with Gasteiger partial charge in [0.05, 0.1) is 18.4 Å². The van der Waals surface area contributed by atoms with Gasteiger partial charge in [0, 0.05) is 23.2 Å². The first kappa shape index (κ1) is 14.8. The Morgan fingerprint density at radius 3 is 2.82 bits per heavy atom. The van der Waals surface area contributed by atoms with E-state index in [0.717, 1.165) is 22.8 Å². The van der Waals surface area contributed by atoms with Crippen molar-refractivity contribution in [2.45, 2.75) is 20.0 Å². The van der Waals surface area contributed by atoms with E-state index in [1.165, 1.54) is 0 Å². The Morgan fingerprint density at radius 2 is 2.09 bits per heavy atom. The number of rotatable bonds is 5. The smallest absolute Gasteiger partial charge is 0.226 e. The molecule has 0 unspecified atom stereocenters. The summed E-state index contributed by atoms with van der Waals surface area (Å²) in [4.78, 5) is 6.67. The van der Waals surface area contributed by atoms with E-state index < -0.39 is 0 Å². The fraction of sp³-hybridized carbons (Fsp3) is 0.250. The number of benzene rings is 1. The summed E-state index contributed by atoms with van der Waals surface area (Å²) in [6.07, 6.45) is 1.64. The van der Waals surface area contributed by atoms with Gasteiger partial charge >= 0.3 is 0 Å². The first-order valence-corrected chi connectivity index (χ1v) is 7.30. The molecule has 0 spiro atoms. The van der Waals surface area contributed by atoms with Crippen LogP contribution in [-0.4, -0.2) is 22.1 Å². The van der Waals surface area contributed by atoms with Crippen molar-refractivity contribution in [3.8, 4) is 11.5 Å². The van der Waals surface area contributed by atoms with Gasteiger partial charge in [0.2, 0.25) is 5.89 Å². The van der Waals surface area contributed by atoms with Crippen LogP contribution in [-0.2, 0) is 13.1 Å². The van der Waals surface area contributed by atoms with Crippen LogP contribution in [0.3, 0.4) is 0 Å². The molecule has 3 aromatic rings. The molecule has 0 amide bonds. The second kappa shape index (κ2) is 6.34. The molecule has 0 aliphatic rings. The Labute approximate surface area is 133 Å². The molecule has 0 aliphatic carbocycles. The summed E-state index contributed by atoms with van der Waals surface area (Å²) in [5.41, 5.74) is 1.77. The number of aryl methyl sites for hydroxylation is 1. The van der Waals surface area contributed by atoms with Crippen molar-refractivity contribution in [2.75, 3.05) is 7.05 Å². The molecule has 0 saturated carbocycles. The Bertz CT molecular complexity index is 753. The molecule has 0 bridgehead atoms. The van der Waals surface area contributed by atoms with E-state index in [1.54, 1.807) is 6.20 Å². The van der Waals surface area contributed by atoms with Crippen LogP contribution in [0.25, 0.3) is 11.5 Å².